The van der Waals surface area contributed by atoms with Crippen LogP contribution in [0.3, 0.4) is 0 Å². The zero-order chi connectivity index (χ0) is 19.9. The fourth-order valence-corrected chi connectivity index (χ4v) is 3.53. The number of rotatable bonds is 7. The highest BCUT2D eigenvalue weighted by Gasteiger charge is 2.28. The molecule has 0 aromatic heterocycles. The highest BCUT2D eigenvalue weighted by molar-refractivity contribution is 8.15. The molecule has 1 aliphatic rings. The topological polar surface area (TPSA) is 72.7 Å². The second-order valence-corrected chi connectivity index (χ2v) is 6.77. The second-order valence-electron chi connectivity index (χ2n) is 5.83. The summed E-state index contributed by atoms with van der Waals surface area (Å²) >= 11 is 1.37. The largest absolute Gasteiger partial charge is 0.497 e. The molecule has 8 heteroatoms. The van der Waals surface area contributed by atoms with Crippen molar-refractivity contribution >= 4 is 29.1 Å². The number of carbonyl (C=O) groups is 1. The van der Waals surface area contributed by atoms with Crippen LogP contribution in [0.2, 0.25) is 0 Å². The zero-order valence-electron chi connectivity index (χ0n) is 15.9. The molecule has 7 nitrogen and oxygen atoms in total. The van der Waals surface area contributed by atoms with E-state index in [1.165, 1.54) is 11.8 Å². The maximum absolute atomic E-state index is 12.2. The normalized spacial score (nSPS) is 15.5. The van der Waals surface area contributed by atoms with E-state index in [1.807, 2.05) is 42.5 Å². The molecule has 1 fully saturated rings. The lowest BCUT2D eigenvalue weighted by atomic mass is 10.2. The van der Waals surface area contributed by atoms with Gasteiger partial charge in [0.25, 0.3) is 0 Å². The molecule has 1 saturated heterocycles. The van der Waals surface area contributed by atoms with E-state index in [9.17, 15) is 4.79 Å². The van der Waals surface area contributed by atoms with Crippen molar-refractivity contribution in [3.8, 4) is 17.2 Å². The number of methoxy groups -OCH3 is 3. The van der Waals surface area contributed by atoms with Crippen molar-refractivity contribution in [2.24, 2.45) is 10.2 Å². The maximum Gasteiger partial charge on any atom is 0.239 e. The minimum absolute atomic E-state index is 0.00808. The van der Waals surface area contributed by atoms with Gasteiger partial charge in [-0.3, -0.25) is 9.69 Å². The van der Waals surface area contributed by atoms with Gasteiger partial charge in [0, 0.05) is 5.56 Å². The number of amidine groups is 1. The van der Waals surface area contributed by atoms with Crippen LogP contribution >= 0.6 is 11.8 Å². The summed E-state index contributed by atoms with van der Waals surface area (Å²) in [6.07, 6.45) is 1.59. The third-order valence-electron chi connectivity index (χ3n) is 4.13. The highest BCUT2D eigenvalue weighted by atomic mass is 32.2. The van der Waals surface area contributed by atoms with Gasteiger partial charge in [-0.2, -0.15) is 5.10 Å². The van der Waals surface area contributed by atoms with Crippen molar-refractivity contribution < 1.29 is 19.0 Å². The Hall–Kier alpha value is -3.00. The van der Waals surface area contributed by atoms with E-state index in [1.54, 1.807) is 32.4 Å². The lowest BCUT2D eigenvalue weighted by Gasteiger charge is -2.15. The summed E-state index contributed by atoms with van der Waals surface area (Å²) in [7, 11) is 4.77. The van der Waals surface area contributed by atoms with Gasteiger partial charge in [0.1, 0.15) is 5.75 Å². The average Bonchev–Trinajstić information content (AvgIpc) is 3.07. The Labute approximate surface area is 168 Å². The first-order chi connectivity index (χ1) is 13.7. The molecule has 3 rings (SSSR count). The molecule has 1 amide bonds. The fraction of sp³-hybridized carbons (Fsp3) is 0.250. The SMILES string of the molecule is COc1ccc(CN2C(=O)CS/C2=N\N=C\c2cccc(OC)c2OC)cc1. The Balaban J connectivity index is 1.77. The maximum atomic E-state index is 12.2. The summed E-state index contributed by atoms with van der Waals surface area (Å²) in [4.78, 5) is 13.9. The van der Waals surface area contributed by atoms with Crippen LogP contribution in [-0.2, 0) is 11.3 Å². The molecule has 2 aromatic carbocycles. The summed E-state index contributed by atoms with van der Waals surface area (Å²) in [6.45, 7) is 0.437. The van der Waals surface area contributed by atoms with E-state index < -0.39 is 0 Å². The van der Waals surface area contributed by atoms with Gasteiger partial charge in [0.2, 0.25) is 5.91 Å². The Morgan fingerprint density at radius 1 is 1.07 bits per heavy atom. The molecule has 0 saturated carbocycles. The van der Waals surface area contributed by atoms with Gasteiger partial charge in [-0.15, -0.1) is 5.10 Å². The van der Waals surface area contributed by atoms with E-state index in [-0.39, 0.29) is 5.91 Å². The number of para-hydroxylation sites is 1. The quantitative estimate of drug-likeness (QED) is 0.528. The molecule has 0 atom stereocenters. The van der Waals surface area contributed by atoms with Crippen LogP contribution in [0.4, 0.5) is 0 Å². The molecule has 0 N–H and O–H groups in total. The Morgan fingerprint density at radius 3 is 2.54 bits per heavy atom. The first-order valence-electron chi connectivity index (χ1n) is 8.54. The lowest BCUT2D eigenvalue weighted by molar-refractivity contribution is -0.124. The van der Waals surface area contributed by atoms with Crippen LogP contribution in [-0.4, -0.2) is 49.3 Å². The van der Waals surface area contributed by atoms with Crippen LogP contribution in [0.5, 0.6) is 17.2 Å². The van der Waals surface area contributed by atoms with Crippen LogP contribution in [0.25, 0.3) is 0 Å². The summed E-state index contributed by atoms with van der Waals surface area (Å²) in [5.74, 6) is 2.34. The predicted molar refractivity (Wildman–Crippen MR) is 111 cm³/mol. The first-order valence-corrected chi connectivity index (χ1v) is 9.53. The number of nitrogens with zero attached hydrogens (tertiary/aromatic N) is 3. The number of hydrogen-bond acceptors (Lipinski definition) is 7. The molecule has 1 heterocycles. The number of benzene rings is 2. The third kappa shape index (κ3) is 4.45. The molecule has 0 aliphatic carbocycles. The van der Waals surface area contributed by atoms with Crippen molar-refractivity contribution in [2.45, 2.75) is 6.54 Å². The predicted octanol–water partition coefficient (Wildman–Crippen LogP) is 3.18. The Morgan fingerprint density at radius 2 is 1.86 bits per heavy atom. The number of amides is 1. The van der Waals surface area contributed by atoms with E-state index >= 15 is 0 Å². The van der Waals surface area contributed by atoms with Gasteiger partial charge in [-0.25, -0.2) is 0 Å². The standard InChI is InChI=1S/C20H21N3O4S/c1-25-16-9-7-14(8-10-16)12-23-18(24)13-28-20(23)22-21-11-15-5-4-6-17(26-2)19(15)27-3/h4-11H,12-13H2,1-3H3/b21-11+,22-20-. The van der Waals surface area contributed by atoms with Crippen LogP contribution < -0.4 is 14.2 Å². The van der Waals surface area contributed by atoms with Gasteiger partial charge >= 0.3 is 0 Å². The smallest absolute Gasteiger partial charge is 0.239 e. The number of ether oxygens (including phenoxy) is 3. The number of thioether (sulfide) groups is 1. The van der Waals surface area contributed by atoms with E-state index in [2.05, 4.69) is 10.2 Å². The van der Waals surface area contributed by atoms with Crippen LogP contribution in [0, 0.1) is 0 Å². The van der Waals surface area contributed by atoms with Gasteiger partial charge in [-0.05, 0) is 29.8 Å². The summed E-state index contributed by atoms with van der Waals surface area (Å²) < 4.78 is 15.8. The number of carbonyl (C=O) groups excluding carboxylic acids is 1. The molecule has 0 radical (unpaired) electrons. The van der Waals surface area contributed by atoms with Crippen molar-refractivity contribution in [1.29, 1.82) is 0 Å². The van der Waals surface area contributed by atoms with Crippen LogP contribution in [0.1, 0.15) is 11.1 Å². The molecule has 146 valence electrons. The van der Waals surface area contributed by atoms with Crippen molar-refractivity contribution in [3.63, 3.8) is 0 Å². The molecular formula is C20H21N3O4S. The van der Waals surface area contributed by atoms with Crippen molar-refractivity contribution in [2.75, 3.05) is 27.1 Å². The van der Waals surface area contributed by atoms with Crippen LogP contribution in [0.15, 0.2) is 52.7 Å². The van der Waals surface area contributed by atoms with E-state index in [4.69, 9.17) is 14.2 Å². The lowest BCUT2D eigenvalue weighted by Crippen LogP contribution is -2.28. The first kappa shape index (κ1) is 19.8. The van der Waals surface area contributed by atoms with Gasteiger partial charge < -0.3 is 14.2 Å². The highest BCUT2D eigenvalue weighted by Crippen LogP contribution is 2.29. The minimum atomic E-state index is 0.00808. The molecule has 2 aromatic rings. The Bertz CT molecular complexity index is 897. The monoisotopic (exact) mass is 399 g/mol. The van der Waals surface area contributed by atoms with Gasteiger partial charge in [0.15, 0.2) is 16.7 Å². The molecule has 1 aliphatic heterocycles. The minimum Gasteiger partial charge on any atom is -0.497 e. The summed E-state index contributed by atoms with van der Waals surface area (Å²) in [6, 6.07) is 13.1. The van der Waals surface area contributed by atoms with E-state index in [0.29, 0.717) is 29.0 Å². The molecular weight excluding hydrogens is 378 g/mol. The molecule has 0 spiro atoms. The van der Waals surface area contributed by atoms with Crippen molar-refractivity contribution in [1.82, 2.24) is 4.90 Å². The van der Waals surface area contributed by atoms with Crippen molar-refractivity contribution in [3.05, 3.63) is 53.6 Å². The summed E-state index contributed by atoms with van der Waals surface area (Å²) in [5, 5.41) is 8.97. The molecule has 0 unspecified atom stereocenters. The number of hydrogen-bond donors (Lipinski definition) is 0. The second kappa shape index (κ2) is 9.27. The average molecular weight is 399 g/mol. The zero-order valence-corrected chi connectivity index (χ0v) is 16.7. The molecule has 0 bridgehead atoms. The molecule has 28 heavy (non-hydrogen) atoms. The fourth-order valence-electron chi connectivity index (χ4n) is 2.70. The Kier molecular flexibility index (Phi) is 6.54. The van der Waals surface area contributed by atoms with E-state index in [0.717, 1.165) is 16.9 Å². The van der Waals surface area contributed by atoms with Gasteiger partial charge in [-0.1, -0.05) is 30.0 Å². The summed E-state index contributed by atoms with van der Waals surface area (Å²) in [5.41, 5.74) is 1.73. The third-order valence-corrected chi connectivity index (χ3v) is 5.08. The van der Waals surface area contributed by atoms with Gasteiger partial charge in [0.05, 0.1) is 39.8 Å².